The summed E-state index contributed by atoms with van der Waals surface area (Å²) < 4.78 is 4.89. The van der Waals surface area contributed by atoms with Crippen molar-refractivity contribution in [1.29, 1.82) is 0 Å². The molecular formula is C16H17N5O3S. The zero-order valence-electron chi connectivity index (χ0n) is 13.7. The first-order valence-corrected chi connectivity index (χ1v) is 8.66. The van der Waals surface area contributed by atoms with E-state index >= 15 is 0 Å². The molecule has 0 aliphatic heterocycles. The van der Waals surface area contributed by atoms with Gasteiger partial charge >= 0.3 is 0 Å². The molecule has 3 aromatic rings. The molecule has 0 bridgehead atoms. The number of H-pyrrole nitrogens is 1. The summed E-state index contributed by atoms with van der Waals surface area (Å²) in [6, 6.07) is 9.13. The highest BCUT2D eigenvalue weighted by molar-refractivity contribution is 8.01. The quantitative estimate of drug-likeness (QED) is 0.623. The van der Waals surface area contributed by atoms with Crippen LogP contribution in [0.3, 0.4) is 0 Å². The Labute approximate surface area is 147 Å². The number of benzene rings is 1. The number of hydrogen-bond acceptors (Lipinski definition) is 6. The molecule has 0 radical (unpaired) electrons. The second kappa shape index (κ2) is 7.39. The lowest BCUT2D eigenvalue weighted by molar-refractivity contribution is -0.115. The van der Waals surface area contributed by atoms with Crippen LogP contribution in [0, 0.1) is 6.92 Å². The molecule has 130 valence electrons. The topological polar surface area (TPSA) is 113 Å². The van der Waals surface area contributed by atoms with Crippen LogP contribution in [-0.2, 0) is 9.59 Å². The Hall–Kier alpha value is -2.81. The van der Waals surface area contributed by atoms with E-state index < -0.39 is 5.25 Å². The summed E-state index contributed by atoms with van der Waals surface area (Å²) in [6.45, 7) is 3.46. The van der Waals surface area contributed by atoms with Crippen LogP contribution in [0.5, 0.6) is 0 Å². The Kier molecular flexibility index (Phi) is 5.03. The number of imidazole rings is 1. The molecule has 0 spiro atoms. The largest absolute Gasteiger partial charge is 0.360 e. The number of rotatable bonds is 6. The number of para-hydroxylation sites is 2. The first-order valence-electron chi connectivity index (χ1n) is 7.61. The number of carbonyl (C=O) groups is 2. The Bertz CT molecular complexity index is 871. The van der Waals surface area contributed by atoms with Crippen LogP contribution in [0.25, 0.3) is 11.0 Å². The second-order valence-electron chi connectivity index (χ2n) is 5.42. The van der Waals surface area contributed by atoms with Gasteiger partial charge in [0.2, 0.25) is 17.8 Å². The molecule has 0 aliphatic rings. The maximum absolute atomic E-state index is 12.0. The van der Waals surface area contributed by atoms with Gasteiger partial charge in [0, 0.05) is 6.07 Å². The number of amides is 2. The van der Waals surface area contributed by atoms with Crippen LogP contribution >= 0.6 is 11.8 Å². The minimum atomic E-state index is -0.418. The number of hydrogen-bond donors (Lipinski definition) is 3. The molecule has 0 saturated carbocycles. The Morgan fingerprint density at radius 2 is 2.12 bits per heavy atom. The van der Waals surface area contributed by atoms with Crippen LogP contribution in [0.4, 0.5) is 11.8 Å². The first kappa shape index (κ1) is 17.0. The predicted molar refractivity (Wildman–Crippen MR) is 96.5 cm³/mol. The van der Waals surface area contributed by atoms with Gasteiger partial charge < -0.3 is 14.8 Å². The van der Waals surface area contributed by atoms with E-state index in [0.29, 0.717) is 17.5 Å². The fraction of sp³-hybridized carbons (Fsp3) is 0.250. The predicted octanol–water partition coefficient (Wildman–Crippen LogP) is 2.56. The van der Waals surface area contributed by atoms with Crippen LogP contribution in [-0.4, -0.2) is 37.9 Å². The molecule has 8 nitrogen and oxygen atoms in total. The highest BCUT2D eigenvalue weighted by atomic mass is 32.2. The summed E-state index contributed by atoms with van der Waals surface area (Å²) in [5.74, 6) is 1.02. The zero-order chi connectivity index (χ0) is 17.8. The third kappa shape index (κ3) is 4.38. The van der Waals surface area contributed by atoms with E-state index in [1.807, 2.05) is 24.3 Å². The number of aromatic nitrogens is 3. The average molecular weight is 359 g/mol. The van der Waals surface area contributed by atoms with Crippen LogP contribution in [0.2, 0.25) is 0 Å². The van der Waals surface area contributed by atoms with E-state index in [9.17, 15) is 9.59 Å². The number of nitrogens with zero attached hydrogens (tertiary/aromatic N) is 2. The molecule has 0 saturated heterocycles. The van der Waals surface area contributed by atoms with Crippen molar-refractivity contribution in [2.24, 2.45) is 0 Å². The summed E-state index contributed by atoms with van der Waals surface area (Å²) in [7, 11) is 0. The fourth-order valence-electron chi connectivity index (χ4n) is 2.11. The van der Waals surface area contributed by atoms with Crippen LogP contribution < -0.4 is 10.6 Å². The lowest BCUT2D eigenvalue weighted by Crippen LogP contribution is -2.25. The minimum absolute atomic E-state index is 0.128. The van der Waals surface area contributed by atoms with Crippen molar-refractivity contribution < 1.29 is 14.1 Å². The van der Waals surface area contributed by atoms with E-state index in [1.165, 1.54) is 11.8 Å². The molecule has 2 aromatic heterocycles. The van der Waals surface area contributed by atoms with Crippen molar-refractivity contribution in [3.8, 4) is 0 Å². The van der Waals surface area contributed by atoms with Gasteiger partial charge in [-0.25, -0.2) is 4.98 Å². The smallest absolute Gasteiger partial charge is 0.238 e. The summed E-state index contributed by atoms with van der Waals surface area (Å²) in [5.41, 5.74) is 1.63. The van der Waals surface area contributed by atoms with Crippen LogP contribution in [0.1, 0.15) is 12.7 Å². The molecule has 0 aliphatic carbocycles. The number of aryl methyl sites for hydroxylation is 1. The number of carbonyl (C=O) groups excluding carboxylic acids is 2. The normalized spacial score (nSPS) is 12.1. The van der Waals surface area contributed by atoms with Gasteiger partial charge in [0.1, 0.15) is 5.76 Å². The third-order valence-electron chi connectivity index (χ3n) is 3.36. The van der Waals surface area contributed by atoms with Gasteiger partial charge in [-0.1, -0.05) is 17.3 Å². The van der Waals surface area contributed by atoms with Crippen molar-refractivity contribution >= 4 is 46.4 Å². The van der Waals surface area contributed by atoms with Gasteiger partial charge in [-0.2, -0.15) is 0 Å². The third-order valence-corrected chi connectivity index (χ3v) is 4.50. The molecule has 1 aromatic carbocycles. The number of anilines is 2. The van der Waals surface area contributed by atoms with Crippen molar-refractivity contribution in [2.45, 2.75) is 19.1 Å². The summed E-state index contributed by atoms with van der Waals surface area (Å²) in [4.78, 5) is 31.4. The van der Waals surface area contributed by atoms with E-state index in [4.69, 9.17) is 4.52 Å². The van der Waals surface area contributed by atoms with Gasteiger partial charge in [0.05, 0.1) is 22.0 Å². The van der Waals surface area contributed by atoms with Crippen molar-refractivity contribution in [3.05, 3.63) is 36.1 Å². The lowest BCUT2D eigenvalue weighted by atomic mass is 10.3. The van der Waals surface area contributed by atoms with Gasteiger partial charge in [-0.05, 0) is 26.0 Å². The Morgan fingerprint density at radius 3 is 2.84 bits per heavy atom. The average Bonchev–Trinajstić information content (AvgIpc) is 3.17. The molecule has 1 atom stereocenters. The van der Waals surface area contributed by atoms with Gasteiger partial charge in [0.15, 0.2) is 5.82 Å². The van der Waals surface area contributed by atoms with Gasteiger partial charge in [-0.3, -0.25) is 14.9 Å². The standard InChI is InChI=1S/C16H17N5O3S/c1-9-7-13(21-24-9)19-15(23)10(2)25-8-14(22)20-16-17-11-5-3-4-6-12(11)18-16/h3-7,10H,8H2,1-2H3,(H,19,21,23)(H2,17,18,20,22). The number of nitrogens with one attached hydrogen (secondary N) is 3. The number of fused-ring (bicyclic) bond motifs is 1. The molecule has 0 fully saturated rings. The van der Waals surface area contributed by atoms with Gasteiger partial charge in [-0.15, -0.1) is 11.8 Å². The maximum Gasteiger partial charge on any atom is 0.238 e. The Morgan fingerprint density at radius 1 is 1.32 bits per heavy atom. The maximum atomic E-state index is 12.0. The molecule has 3 rings (SSSR count). The summed E-state index contributed by atoms with van der Waals surface area (Å²) in [5, 5.41) is 8.62. The zero-order valence-corrected chi connectivity index (χ0v) is 14.5. The molecule has 25 heavy (non-hydrogen) atoms. The number of aromatic amines is 1. The van der Waals surface area contributed by atoms with Crippen molar-refractivity contribution in [1.82, 2.24) is 15.1 Å². The van der Waals surface area contributed by atoms with Crippen molar-refractivity contribution in [2.75, 3.05) is 16.4 Å². The highest BCUT2D eigenvalue weighted by Gasteiger charge is 2.17. The second-order valence-corrected chi connectivity index (χ2v) is 6.75. The molecule has 2 amide bonds. The molecular weight excluding hydrogens is 342 g/mol. The SMILES string of the molecule is Cc1cc(NC(=O)C(C)SCC(=O)Nc2nc3ccccc3[nH]2)no1. The van der Waals surface area contributed by atoms with Crippen molar-refractivity contribution in [3.63, 3.8) is 0 Å². The monoisotopic (exact) mass is 359 g/mol. The summed E-state index contributed by atoms with van der Waals surface area (Å²) in [6.07, 6.45) is 0. The number of thioether (sulfide) groups is 1. The van der Waals surface area contributed by atoms with Gasteiger partial charge in [0.25, 0.3) is 0 Å². The van der Waals surface area contributed by atoms with E-state index in [2.05, 4.69) is 25.8 Å². The van der Waals surface area contributed by atoms with E-state index in [0.717, 1.165) is 11.0 Å². The van der Waals surface area contributed by atoms with Crippen LogP contribution in [0.15, 0.2) is 34.9 Å². The lowest BCUT2D eigenvalue weighted by Gasteiger charge is -2.09. The molecule has 9 heteroatoms. The van der Waals surface area contributed by atoms with E-state index in [-0.39, 0.29) is 17.6 Å². The fourth-order valence-corrected chi connectivity index (χ4v) is 2.79. The molecule has 1 unspecified atom stereocenters. The Balaban J connectivity index is 1.48. The molecule has 3 N–H and O–H groups in total. The summed E-state index contributed by atoms with van der Waals surface area (Å²) >= 11 is 1.22. The minimum Gasteiger partial charge on any atom is -0.360 e. The highest BCUT2D eigenvalue weighted by Crippen LogP contribution is 2.16. The molecule has 2 heterocycles. The van der Waals surface area contributed by atoms with E-state index in [1.54, 1.807) is 19.9 Å². The first-order chi connectivity index (χ1) is 12.0.